The number of hydrogen-bond donors (Lipinski definition) is 1. The van der Waals surface area contributed by atoms with Crippen LogP contribution in [0.5, 0.6) is 0 Å². The molecule has 2 rings (SSSR count). The van der Waals surface area contributed by atoms with Gasteiger partial charge in [0.1, 0.15) is 11.4 Å². The van der Waals surface area contributed by atoms with E-state index in [1.165, 1.54) is 0 Å². The first-order chi connectivity index (χ1) is 9.47. The summed E-state index contributed by atoms with van der Waals surface area (Å²) < 4.78 is 13.2. The molecule has 0 radical (unpaired) electrons. The van der Waals surface area contributed by atoms with E-state index < -0.39 is 16.6 Å². The Labute approximate surface area is 123 Å². The predicted molar refractivity (Wildman–Crippen MR) is 75.4 cm³/mol. The van der Waals surface area contributed by atoms with Crippen LogP contribution in [0.15, 0.2) is 18.2 Å². The van der Waals surface area contributed by atoms with Crippen LogP contribution in [0.2, 0.25) is 0 Å². The Morgan fingerprint density at radius 2 is 2.25 bits per heavy atom. The molecule has 0 saturated heterocycles. The van der Waals surface area contributed by atoms with Crippen molar-refractivity contribution >= 4 is 27.5 Å². The standard InChI is InChI=1S/C13H14BrFN2O3/c14-9-2-1-8(5-9)7-16-13(18)11-6-10(15)3-4-12(11)17(19)20/h3-4,6,8-9H,1-2,5,7H2,(H,16,18). The average Bonchev–Trinajstić information content (AvgIpc) is 2.81. The third-order valence-corrected chi connectivity index (χ3v) is 4.26. The number of halogens is 2. The van der Waals surface area contributed by atoms with E-state index in [-0.39, 0.29) is 11.3 Å². The second kappa shape index (κ2) is 6.30. The highest BCUT2D eigenvalue weighted by atomic mass is 79.9. The van der Waals surface area contributed by atoms with Crippen molar-refractivity contribution in [1.29, 1.82) is 0 Å². The van der Waals surface area contributed by atoms with Crippen molar-refractivity contribution in [1.82, 2.24) is 5.32 Å². The van der Waals surface area contributed by atoms with E-state index in [4.69, 9.17) is 0 Å². The van der Waals surface area contributed by atoms with Crippen LogP contribution in [-0.4, -0.2) is 22.2 Å². The van der Waals surface area contributed by atoms with E-state index in [9.17, 15) is 19.3 Å². The Hall–Kier alpha value is -1.50. The fraction of sp³-hybridized carbons (Fsp3) is 0.462. The van der Waals surface area contributed by atoms with Crippen LogP contribution in [0.4, 0.5) is 10.1 Å². The molecule has 1 N–H and O–H groups in total. The van der Waals surface area contributed by atoms with Gasteiger partial charge >= 0.3 is 0 Å². The van der Waals surface area contributed by atoms with Gasteiger partial charge in [0.25, 0.3) is 11.6 Å². The van der Waals surface area contributed by atoms with Crippen molar-refractivity contribution in [2.45, 2.75) is 24.1 Å². The minimum Gasteiger partial charge on any atom is -0.352 e. The number of alkyl halides is 1. The SMILES string of the molecule is O=C(NCC1CCC(Br)C1)c1cc(F)ccc1[N+](=O)[O-]. The summed E-state index contributed by atoms with van der Waals surface area (Å²) in [6, 6.07) is 2.88. The van der Waals surface area contributed by atoms with Crippen LogP contribution in [0.25, 0.3) is 0 Å². The third-order valence-electron chi connectivity index (χ3n) is 3.43. The number of hydrogen-bond acceptors (Lipinski definition) is 3. The lowest BCUT2D eigenvalue weighted by Gasteiger charge is -2.11. The van der Waals surface area contributed by atoms with Gasteiger partial charge in [0, 0.05) is 17.4 Å². The summed E-state index contributed by atoms with van der Waals surface area (Å²) in [6.07, 6.45) is 3.02. The van der Waals surface area contributed by atoms with E-state index in [0.717, 1.165) is 37.5 Å². The van der Waals surface area contributed by atoms with Crippen molar-refractivity contribution in [2.24, 2.45) is 5.92 Å². The van der Waals surface area contributed by atoms with Crippen molar-refractivity contribution in [2.75, 3.05) is 6.54 Å². The highest BCUT2D eigenvalue weighted by Gasteiger charge is 2.25. The molecule has 1 amide bonds. The maximum atomic E-state index is 13.2. The highest BCUT2D eigenvalue weighted by Crippen LogP contribution is 2.30. The number of nitrogens with zero attached hydrogens (tertiary/aromatic N) is 1. The van der Waals surface area contributed by atoms with Gasteiger partial charge in [0.2, 0.25) is 0 Å². The largest absolute Gasteiger partial charge is 0.352 e. The summed E-state index contributed by atoms with van der Waals surface area (Å²) in [4.78, 5) is 22.6. The van der Waals surface area contributed by atoms with Gasteiger partial charge in [-0.25, -0.2) is 4.39 Å². The number of nitro benzene ring substituents is 1. The highest BCUT2D eigenvalue weighted by molar-refractivity contribution is 9.09. The molecule has 0 bridgehead atoms. The molecular weight excluding hydrogens is 331 g/mol. The van der Waals surface area contributed by atoms with Gasteiger partial charge in [-0.05, 0) is 37.3 Å². The summed E-state index contributed by atoms with van der Waals surface area (Å²) in [5, 5.41) is 13.5. The number of carbonyl (C=O) groups excluding carboxylic acids is 1. The second-order valence-electron chi connectivity index (χ2n) is 4.90. The molecule has 0 aromatic heterocycles. The first kappa shape index (κ1) is 14.9. The quantitative estimate of drug-likeness (QED) is 0.518. The monoisotopic (exact) mass is 344 g/mol. The molecule has 5 nitrogen and oxygen atoms in total. The third kappa shape index (κ3) is 3.53. The van der Waals surface area contributed by atoms with Crippen molar-refractivity contribution < 1.29 is 14.1 Å². The molecular formula is C13H14BrFN2O3. The fourth-order valence-corrected chi connectivity index (χ4v) is 3.17. The van der Waals surface area contributed by atoms with Crippen LogP contribution in [0, 0.1) is 21.8 Å². The molecule has 1 fully saturated rings. The summed E-state index contributed by atoms with van der Waals surface area (Å²) in [5.74, 6) is -0.910. The molecule has 1 aromatic rings. The van der Waals surface area contributed by atoms with Gasteiger partial charge in [-0.1, -0.05) is 15.9 Å². The lowest BCUT2D eigenvalue weighted by atomic mass is 10.1. The molecule has 20 heavy (non-hydrogen) atoms. The Morgan fingerprint density at radius 3 is 2.85 bits per heavy atom. The predicted octanol–water partition coefficient (Wildman–Crippen LogP) is 3.03. The molecule has 1 aliphatic carbocycles. The average molecular weight is 345 g/mol. The fourth-order valence-electron chi connectivity index (χ4n) is 2.38. The zero-order valence-electron chi connectivity index (χ0n) is 10.6. The summed E-state index contributed by atoms with van der Waals surface area (Å²) in [6.45, 7) is 0.453. The minimum atomic E-state index is -0.682. The maximum Gasteiger partial charge on any atom is 0.282 e. The van der Waals surface area contributed by atoms with Gasteiger partial charge in [-0.2, -0.15) is 0 Å². The number of nitro groups is 1. The van der Waals surface area contributed by atoms with E-state index >= 15 is 0 Å². The minimum absolute atomic E-state index is 0.233. The Balaban J connectivity index is 2.05. The normalized spacial score (nSPS) is 21.7. The summed E-state index contributed by atoms with van der Waals surface area (Å²) >= 11 is 3.52. The van der Waals surface area contributed by atoms with Crippen LogP contribution in [0.3, 0.4) is 0 Å². The summed E-state index contributed by atoms with van der Waals surface area (Å²) in [7, 11) is 0. The molecule has 0 heterocycles. The summed E-state index contributed by atoms with van der Waals surface area (Å²) in [5.41, 5.74) is -0.614. The molecule has 2 atom stereocenters. The first-order valence-corrected chi connectivity index (χ1v) is 7.25. The number of rotatable bonds is 4. The van der Waals surface area contributed by atoms with Crippen LogP contribution in [0.1, 0.15) is 29.6 Å². The van der Waals surface area contributed by atoms with Crippen LogP contribution >= 0.6 is 15.9 Å². The Bertz CT molecular complexity index is 538. The molecule has 7 heteroatoms. The zero-order chi connectivity index (χ0) is 14.7. The second-order valence-corrected chi connectivity index (χ2v) is 6.20. The number of carbonyl (C=O) groups is 1. The van der Waals surface area contributed by atoms with Gasteiger partial charge in [0.05, 0.1) is 4.92 Å². The molecule has 0 aliphatic heterocycles. The van der Waals surface area contributed by atoms with Crippen molar-refractivity contribution in [3.8, 4) is 0 Å². The number of nitrogens with one attached hydrogen (secondary N) is 1. The Kier molecular flexibility index (Phi) is 4.69. The van der Waals surface area contributed by atoms with Crippen molar-refractivity contribution in [3.05, 3.63) is 39.7 Å². The van der Waals surface area contributed by atoms with E-state index in [2.05, 4.69) is 21.2 Å². The lowest BCUT2D eigenvalue weighted by Crippen LogP contribution is -2.29. The van der Waals surface area contributed by atoms with Crippen molar-refractivity contribution in [3.63, 3.8) is 0 Å². The van der Waals surface area contributed by atoms with E-state index in [1.807, 2.05) is 0 Å². The maximum absolute atomic E-state index is 13.2. The molecule has 108 valence electrons. The smallest absolute Gasteiger partial charge is 0.282 e. The zero-order valence-corrected chi connectivity index (χ0v) is 12.2. The van der Waals surface area contributed by atoms with E-state index in [1.54, 1.807) is 0 Å². The van der Waals surface area contributed by atoms with Gasteiger partial charge in [0.15, 0.2) is 0 Å². The molecule has 1 aromatic carbocycles. The van der Waals surface area contributed by atoms with Gasteiger partial charge in [-0.3, -0.25) is 14.9 Å². The van der Waals surface area contributed by atoms with Crippen LogP contribution in [-0.2, 0) is 0 Å². The first-order valence-electron chi connectivity index (χ1n) is 6.33. The number of benzene rings is 1. The molecule has 2 unspecified atom stereocenters. The molecule has 1 saturated carbocycles. The van der Waals surface area contributed by atoms with Gasteiger partial charge in [-0.15, -0.1) is 0 Å². The topological polar surface area (TPSA) is 72.2 Å². The molecule has 1 aliphatic rings. The lowest BCUT2D eigenvalue weighted by molar-refractivity contribution is -0.385. The number of amides is 1. The van der Waals surface area contributed by atoms with Crippen LogP contribution < -0.4 is 5.32 Å². The van der Waals surface area contributed by atoms with Gasteiger partial charge < -0.3 is 5.32 Å². The molecule has 0 spiro atoms. The Morgan fingerprint density at radius 1 is 1.50 bits per heavy atom. The van der Waals surface area contributed by atoms with E-state index in [0.29, 0.717) is 17.3 Å².